The Balaban J connectivity index is 1.66. The molecule has 0 aromatic heterocycles. The van der Waals surface area contributed by atoms with Crippen molar-refractivity contribution in [2.45, 2.75) is 50.0 Å². The molecule has 0 unspecified atom stereocenters. The van der Waals surface area contributed by atoms with Gasteiger partial charge in [0.05, 0.1) is 12.0 Å². The highest BCUT2D eigenvalue weighted by Crippen LogP contribution is 2.48. The van der Waals surface area contributed by atoms with Gasteiger partial charge in [-0.2, -0.15) is 0 Å². The number of carbonyl (C=O) groups is 2. The maximum absolute atomic E-state index is 12.8. The van der Waals surface area contributed by atoms with Crippen LogP contribution in [0, 0.1) is 0 Å². The highest BCUT2D eigenvalue weighted by Gasteiger charge is 2.51. The average molecular weight is 330 g/mol. The van der Waals surface area contributed by atoms with E-state index in [0.29, 0.717) is 0 Å². The smallest absolute Gasteiger partial charge is 0.247 e. The summed E-state index contributed by atoms with van der Waals surface area (Å²) in [4.78, 5) is 27.2. The SMILES string of the molecule is O=C([C@H](CO)NC(=O)C1(c2ccccc2)CC1)N1CCCCCC1. The quantitative estimate of drug-likeness (QED) is 0.861. The van der Waals surface area contributed by atoms with Crippen molar-refractivity contribution in [2.75, 3.05) is 19.7 Å². The van der Waals surface area contributed by atoms with Crippen molar-refractivity contribution in [1.29, 1.82) is 0 Å². The maximum Gasteiger partial charge on any atom is 0.247 e. The van der Waals surface area contributed by atoms with E-state index in [4.69, 9.17) is 0 Å². The van der Waals surface area contributed by atoms with Crippen molar-refractivity contribution < 1.29 is 14.7 Å². The summed E-state index contributed by atoms with van der Waals surface area (Å²) >= 11 is 0. The molecular weight excluding hydrogens is 304 g/mol. The fraction of sp³-hybridized carbons (Fsp3) is 0.579. The third kappa shape index (κ3) is 3.46. The van der Waals surface area contributed by atoms with Crippen LogP contribution >= 0.6 is 0 Å². The molecular formula is C19H26N2O3. The molecule has 1 aliphatic heterocycles. The third-order valence-corrected chi connectivity index (χ3v) is 5.21. The molecule has 1 atom stereocenters. The van der Waals surface area contributed by atoms with Crippen molar-refractivity contribution in [2.24, 2.45) is 0 Å². The van der Waals surface area contributed by atoms with Crippen LogP contribution in [-0.2, 0) is 15.0 Å². The largest absolute Gasteiger partial charge is 0.394 e. The average Bonchev–Trinajstić information content (AvgIpc) is 3.44. The van der Waals surface area contributed by atoms with Gasteiger partial charge in [-0.15, -0.1) is 0 Å². The lowest BCUT2D eigenvalue weighted by Crippen LogP contribution is -2.53. The number of aliphatic hydroxyl groups is 1. The minimum Gasteiger partial charge on any atom is -0.394 e. The Kier molecular flexibility index (Phi) is 5.19. The van der Waals surface area contributed by atoms with Gasteiger partial charge in [0.2, 0.25) is 11.8 Å². The summed E-state index contributed by atoms with van der Waals surface area (Å²) in [5, 5.41) is 12.4. The van der Waals surface area contributed by atoms with E-state index in [2.05, 4.69) is 5.32 Å². The number of amides is 2. The van der Waals surface area contributed by atoms with Gasteiger partial charge in [0, 0.05) is 13.1 Å². The second-order valence-corrected chi connectivity index (χ2v) is 6.90. The Labute approximate surface area is 143 Å². The zero-order valence-electron chi connectivity index (χ0n) is 14.0. The van der Waals surface area contributed by atoms with Gasteiger partial charge in [0.25, 0.3) is 0 Å². The van der Waals surface area contributed by atoms with Crippen molar-refractivity contribution in [3.05, 3.63) is 35.9 Å². The zero-order valence-corrected chi connectivity index (χ0v) is 14.0. The summed E-state index contributed by atoms with van der Waals surface area (Å²) in [6, 6.07) is 8.85. The molecule has 3 rings (SSSR count). The molecule has 1 heterocycles. The van der Waals surface area contributed by atoms with Crippen LogP contribution < -0.4 is 5.32 Å². The number of nitrogens with one attached hydrogen (secondary N) is 1. The molecule has 2 N–H and O–H groups in total. The molecule has 24 heavy (non-hydrogen) atoms. The van der Waals surface area contributed by atoms with Crippen molar-refractivity contribution in [3.8, 4) is 0 Å². The first-order chi connectivity index (χ1) is 11.7. The van der Waals surface area contributed by atoms with Crippen LogP contribution in [0.25, 0.3) is 0 Å². The Morgan fingerprint density at radius 1 is 1.08 bits per heavy atom. The summed E-state index contributed by atoms with van der Waals surface area (Å²) in [5.74, 6) is -0.299. The Bertz CT molecular complexity index is 576. The fourth-order valence-corrected chi connectivity index (χ4v) is 3.52. The highest BCUT2D eigenvalue weighted by molar-refractivity contribution is 5.95. The number of likely N-dealkylation sites (tertiary alicyclic amines) is 1. The number of carbonyl (C=O) groups excluding carboxylic acids is 2. The second kappa shape index (κ2) is 7.34. The lowest BCUT2D eigenvalue weighted by atomic mass is 9.94. The van der Waals surface area contributed by atoms with Gasteiger partial charge in [-0.3, -0.25) is 9.59 Å². The Hall–Kier alpha value is -1.88. The molecule has 2 aliphatic rings. The van der Waals surface area contributed by atoms with E-state index in [-0.39, 0.29) is 18.4 Å². The third-order valence-electron chi connectivity index (χ3n) is 5.21. The summed E-state index contributed by atoms with van der Waals surface area (Å²) in [5.41, 5.74) is 0.467. The molecule has 0 bridgehead atoms. The van der Waals surface area contributed by atoms with Crippen molar-refractivity contribution in [3.63, 3.8) is 0 Å². The van der Waals surface area contributed by atoms with Gasteiger partial charge >= 0.3 is 0 Å². The van der Waals surface area contributed by atoms with Gasteiger partial charge in [-0.25, -0.2) is 0 Å². The van der Waals surface area contributed by atoms with E-state index < -0.39 is 11.5 Å². The molecule has 1 saturated carbocycles. The topological polar surface area (TPSA) is 69.6 Å². The maximum atomic E-state index is 12.8. The predicted octanol–water partition coefficient (Wildman–Crippen LogP) is 1.60. The number of nitrogens with zero attached hydrogens (tertiary/aromatic N) is 1. The molecule has 2 fully saturated rings. The van der Waals surface area contributed by atoms with Crippen LogP contribution in [0.2, 0.25) is 0 Å². The number of rotatable bonds is 5. The molecule has 130 valence electrons. The minimum absolute atomic E-state index is 0.143. The molecule has 2 amide bonds. The molecule has 1 aromatic carbocycles. The zero-order chi connectivity index (χ0) is 17.0. The van der Waals surface area contributed by atoms with Gasteiger partial charge in [-0.1, -0.05) is 43.2 Å². The van der Waals surface area contributed by atoms with Crippen LogP contribution in [0.4, 0.5) is 0 Å². The van der Waals surface area contributed by atoms with Gasteiger partial charge in [-0.05, 0) is 31.2 Å². The van der Waals surface area contributed by atoms with Crippen molar-refractivity contribution >= 4 is 11.8 Å². The first-order valence-corrected chi connectivity index (χ1v) is 8.93. The fourth-order valence-electron chi connectivity index (χ4n) is 3.52. The van der Waals surface area contributed by atoms with Crippen LogP contribution in [0.3, 0.4) is 0 Å². The lowest BCUT2D eigenvalue weighted by molar-refractivity contribution is -0.138. The van der Waals surface area contributed by atoms with E-state index in [0.717, 1.165) is 57.2 Å². The van der Waals surface area contributed by atoms with Crippen LogP contribution in [-0.4, -0.2) is 47.6 Å². The van der Waals surface area contributed by atoms with Crippen LogP contribution in [0.5, 0.6) is 0 Å². The van der Waals surface area contributed by atoms with E-state index in [9.17, 15) is 14.7 Å². The minimum atomic E-state index is -0.836. The first-order valence-electron chi connectivity index (χ1n) is 8.93. The normalized spacial score (nSPS) is 20.8. The van der Waals surface area contributed by atoms with E-state index in [1.165, 1.54) is 0 Å². The molecule has 1 aromatic rings. The molecule has 1 saturated heterocycles. The van der Waals surface area contributed by atoms with E-state index in [1.807, 2.05) is 30.3 Å². The molecule has 0 radical (unpaired) electrons. The predicted molar refractivity (Wildman–Crippen MR) is 91.4 cm³/mol. The molecule has 5 heteroatoms. The Morgan fingerprint density at radius 3 is 2.25 bits per heavy atom. The second-order valence-electron chi connectivity index (χ2n) is 6.90. The highest BCUT2D eigenvalue weighted by atomic mass is 16.3. The Morgan fingerprint density at radius 2 is 1.71 bits per heavy atom. The lowest BCUT2D eigenvalue weighted by Gasteiger charge is -2.27. The van der Waals surface area contributed by atoms with Crippen molar-refractivity contribution in [1.82, 2.24) is 10.2 Å². The van der Waals surface area contributed by atoms with Gasteiger partial charge in [0.1, 0.15) is 6.04 Å². The summed E-state index contributed by atoms with van der Waals surface area (Å²) in [6.07, 6.45) is 5.84. The number of hydrogen-bond acceptors (Lipinski definition) is 3. The van der Waals surface area contributed by atoms with E-state index >= 15 is 0 Å². The van der Waals surface area contributed by atoms with Crippen LogP contribution in [0.15, 0.2) is 30.3 Å². The first kappa shape index (κ1) is 17.0. The summed E-state index contributed by atoms with van der Waals surface area (Å²) in [6.45, 7) is 1.08. The van der Waals surface area contributed by atoms with Gasteiger partial charge < -0.3 is 15.3 Å². The number of benzene rings is 1. The standard InChI is InChI=1S/C19H26N2O3/c22-14-16(17(23)21-12-6-1-2-7-13-21)20-18(24)19(10-11-19)15-8-4-3-5-9-15/h3-5,8-9,16,22H,1-2,6-7,10-14H2,(H,20,24)/t16-/m0/s1. The van der Waals surface area contributed by atoms with Crippen LogP contribution in [0.1, 0.15) is 44.1 Å². The van der Waals surface area contributed by atoms with E-state index in [1.54, 1.807) is 4.90 Å². The number of hydrogen-bond donors (Lipinski definition) is 2. The monoisotopic (exact) mass is 330 g/mol. The summed E-state index contributed by atoms with van der Waals surface area (Å²) < 4.78 is 0. The number of aliphatic hydroxyl groups excluding tert-OH is 1. The van der Waals surface area contributed by atoms with Gasteiger partial charge in [0.15, 0.2) is 0 Å². The molecule has 0 spiro atoms. The molecule has 5 nitrogen and oxygen atoms in total. The molecule has 1 aliphatic carbocycles. The summed E-state index contributed by atoms with van der Waals surface area (Å²) in [7, 11) is 0.